The van der Waals surface area contributed by atoms with Crippen molar-refractivity contribution in [2.24, 2.45) is 0 Å². The van der Waals surface area contributed by atoms with E-state index in [1.54, 1.807) is 16.0 Å². The van der Waals surface area contributed by atoms with E-state index in [0.717, 1.165) is 27.4 Å². The average molecular weight is 588 g/mol. The van der Waals surface area contributed by atoms with Crippen LogP contribution in [-0.2, 0) is 9.47 Å². The molecule has 1 saturated heterocycles. The minimum Gasteiger partial charge on any atom is -0.396 e. The predicted octanol–water partition coefficient (Wildman–Crippen LogP) is 3.30. The Hall–Kier alpha value is -3.76. The Morgan fingerprint density at radius 1 is 1.15 bits per heavy atom. The minimum absolute atomic E-state index is 0.0416. The smallest absolute Gasteiger partial charge is 0.194 e. The van der Waals surface area contributed by atoms with Crippen LogP contribution in [0.2, 0.25) is 0 Å². The molecule has 0 bridgehead atoms. The number of aliphatic hydroxyl groups is 2. The molecule has 15 heteroatoms. The summed E-state index contributed by atoms with van der Waals surface area (Å²) in [5.74, 6) is -3.96. The first-order valence-electron chi connectivity index (χ1n) is 12.6. The van der Waals surface area contributed by atoms with Gasteiger partial charge in [-0.15, -0.1) is 16.4 Å². The van der Waals surface area contributed by atoms with Crippen LogP contribution in [0.15, 0.2) is 42.9 Å². The van der Waals surface area contributed by atoms with Gasteiger partial charge in [-0.2, -0.15) is 5.10 Å². The highest BCUT2D eigenvalue weighted by atomic mass is 32.1. The Bertz CT molecular complexity index is 1690. The van der Waals surface area contributed by atoms with E-state index in [-0.39, 0.29) is 24.3 Å². The molecular weight excluding hydrogens is 563 g/mol. The maximum Gasteiger partial charge on any atom is 0.194 e. The number of thiazole rings is 1. The largest absolute Gasteiger partial charge is 0.396 e. The second-order valence-corrected chi connectivity index (χ2v) is 10.8. The molecule has 4 heterocycles. The van der Waals surface area contributed by atoms with E-state index in [4.69, 9.17) is 9.47 Å². The number of ether oxygens (including phenoxy) is 2. The van der Waals surface area contributed by atoms with Crippen molar-refractivity contribution in [2.75, 3.05) is 13.7 Å². The molecular formula is C26H24F3N7O4S. The molecule has 1 aliphatic heterocycles. The van der Waals surface area contributed by atoms with E-state index >= 15 is 0 Å². The number of aliphatic hydroxyl groups excluding tert-OH is 2. The summed E-state index contributed by atoms with van der Waals surface area (Å²) in [5, 5.41) is 34.4. The third-order valence-corrected chi connectivity index (χ3v) is 7.95. The van der Waals surface area contributed by atoms with Crippen LogP contribution in [0.4, 0.5) is 13.2 Å². The first-order valence-corrected chi connectivity index (χ1v) is 13.4. The van der Waals surface area contributed by atoms with Crippen molar-refractivity contribution in [2.45, 2.75) is 43.8 Å². The highest BCUT2D eigenvalue weighted by Gasteiger charge is 2.49. The second-order valence-electron chi connectivity index (χ2n) is 9.54. The maximum absolute atomic E-state index is 13.9. The van der Waals surface area contributed by atoms with Gasteiger partial charge in [-0.3, -0.25) is 0 Å². The van der Waals surface area contributed by atoms with Gasteiger partial charge >= 0.3 is 0 Å². The molecule has 0 spiro atoms. The number of methoxy groups -OCH3 is 1. The summed E-state index contributed by atoms with van der Waals surface area (Å²) in [4.78, 5) is 8.95. The monoisotopic (exact) mass is 587 g/mol. The molecule has 214 valence electrons. The van der Waals surface area contributed by atoms with Crippen LogP contribution in [0, 0.1) is 24.4 Å². The number of hydrogen-bond acceptors (Lipinski definition) is 10. The Labute approximate surface area is 234 Å². The summed E-state index contributed by atoms with van der Waals surface area (Å²) >= 11 is 1.54. The van der Waals surface area contributed by atoms with Crippen LogP contribution in [0.1, 0.15) is 29.4 Å². The van der Waals surface area contributed by atoms with Gasteiger partial charge < -0.3 is 19.7 Å². The molecule has 0 unspecified atom stereocenters. The van der Waals surface area contributed by atoms with Gasteiger partial charge in [0.05, 0.1) is 33.2 Å². The summed E-state index contributed by atoms with van der Waals surface area (Å²) in [6.45, 7) is 1.65. The zero-order valence-electron chi connectivity index (χ0n) is 21.7. The topological polar surface area (TPSA) is 133 Å². The van der Waals surface area contributed by atoms with Crippen molar-refractivity contribution in [3.8, 4) is 16.9 Å². The number of benzene rings is 2. The fourth-order valence-corrected chi connectivity index (χ4v) is 6.01. The van der Waals surface area contributed by atoms with Gasteiger partial charge in [0, 0.05) is 19.3 Å². The van der Waals surface area contributed by atoms with Crippen molar-refractivity contribution in [1.29, 1.82) is 0 Å². The molecule has 1 aliphatic rings. The molecule has 0 amide bonds. The highest BCUT2D eigenvalue weighted by Crippen LogP contribution is 2.41. The standard InChI is InChI=1S/C26H24F3N7O4S/c1-12-32-17-4-3-14(9-20(17)41-12)36-26(30-11-31-36)25-24(39-2)22(23(38)19(40-25)5-6-37)35-10-18(33-34-35)13-7-15(27)21(29)16(28)8-13/h3-4,7-11,19,22-25,37-38H,5-6H2,1-2H3/t19-,22+,23+,24-,25-/m1/s1. The van der Waals surface area contributed by atoms with Crippen molar-refractivity contribution in [3.05, 3.63) is 71.1 Å². The van der Waals surface area contributed by atoms with Gasteiger partial charge in [0.1, 0.15) is 36.4 Å². The molecule has 5 aromatic rings. The van der Waals surface area contributed by atoms with E-state index in [1.165, 1.54) is 24.3 Å². The van der Waals surface area contributed by atoms with Gasteiger partial charge in [-0.1, -0.05) is 5.21 Å². The van der Waals surface area contributed by atoms with E-state index in [9.17, 15) is 23.4 Å². The molecule has 11 nitrogen and oxygen atoms in total. The molecule has 1 fully saturated rings. The molecule has 5 atom stereocenters. The van der Waals surface area contributed by atoms with Crippen molar-refractivity contribution < 1.29 is 32.9 Å². The third-order valence-electron chi connectivity index (χ3n) is 7.02. The van der Waals surface area contributed by atoms with Gasteiger partial charge in [0.2, 0.25) is 0 Å². The lowest BCUT2D eigenvalue weighted by molar-refractivity contribution is -0.212. The Kier molecular flexibility index (Phi) is 7.29. The Balaban J connectivity index is 1.40. The number of aromatic nitrogens is 7. The van der Waals surface area contributed by atoms with Crippen LogP contribution in [0.5, 0.6) is 0 Å². The van der Waals surface area contributed by atoms with Crippen LogP contribution in [-0.4, -0.2) is 77.0 Å². The number of halogens is 3. The number of rotatable bonds is 7. The van der Waals surface area contributed by atoms with Crippen LogP contribution in [0.3, 0.4) is 0 Å². The van der Waals surface area contributed by atoms with Gasteiger partial charge in [-0.25, -0.2) is 32.5 Å². The normalized spacial score (nSPS) is 23.0. The van der Waals surface area contributed by atoms with E-state index in [2.05, 4.69) is 25.4 Å². The fourth-order valence-electron chi connectivity index (χ4n) is 5.15. The number of aryl methyl sites for hydroxylation is 1. The zero-order chi connectivity index (χ0) is 28.8. The summed E-state index contributed by atoms with van der Waals surface area (Å²) in [6.07, 6.45) is -1.05. The summed E-state index contributed by atoms with van der Waals surface area (Å²) in [5.41, 5.74) is 1.57. The molecule has 6 rings (SSSR count). The number of hydrogen-bond donors (Lipinski definition) is 2. The van der Waals surface area contributed by atoms with E-state index in [0.29, 0.717) is 11.5 Å². The average Bonchev–Trinajstić information content (AvgIpc) is 3.71. The number of nitrogens with zero attached hydrogens (tertiary/aromatic N) is 7. The molecule has 2 aromatic carbocycles. The summed E-state index contributed by atoms with van der Waals surface area (Å²) < 4.78 is 57.2. The van der Waals surface area contributed by atoms with Crippen LogP contribution in [0.25, 0.3) is 27.2 Å². The minimum atomic E-state index is -1.59. The lowest BCUT2D eigenvalue weighted by Gasteiger charge is -2.43. The molecule has 0 saturated carbocycles. The Morgan fingerprint density at radius 3 is 2.66 bits per heavy atom. The third kappa shape index (κ3) is 4.89. The SMILES string of the molecule is CO[C@@H]1[C@@H](n2cc(-c3cc(F)c(F)c(F)c3)nn2)[C@@H](O)[C@@H](CCO)O[C@H]1c1ncnn1-c1ccc2nc(C)sc2c1. The zero-order valence-corrected chi connectivity index (χ0v) is 22.5. The lowest BCUT2D eigenvalue weighted by atomic mass is 9.90. The van der Waals surface area contributed by atoms with Crippen molar-refractivity contribution >= 4 is 21.6 Å². The number of fused-ring (bicyclic) bond motifs is 1. The maximum atomic E-state index is 13.9. The Morgan fingerprint density at radius 2 is 1.93 bits per heavy atom. The first-order chi connectivity index (χ1) is 19.8. The van der Waals surface area contributed by atoms with Gasteiger partial charge in [-0.05, 0) is 43.7 Å². The summed E-state index contributed by atoms with van der Waals surface area (Å²) in [7, 11) is 1.43. The molecule has 3 aromatic heterocycles. The van der Waals surface area contributed by atoms with Crippen molar-refractivity contribution in [3.63, 3.8) is 0 Å². The second kappa shape index (κ2) is 10.9. The first kappa shape index (κ1) is 27.4. The molecule has 0 radical (unpaired) electrons. The van der Waals surface area contributed by atoms with Gasteiger partial charge in [0.25, 0.3) is 0 Å². The molecule has 41 heavy (non-hydrogen) atoms. The fraction of sp³-hybridized carbons (Fsp3) is 0.346. The van der Waals surface area contributed by atoms with Crippen LogP contribution >= 0.6 is 11.3 Å². The quantitative estimate of drug-likeness (QED) is 0.275. The lowest BCUT2D eigenvalue weighted by Crippen LogP contribution is -2.53. The van der Waals surface area contributed by atoms with Gasteiger partial charge in [0.15, 0.2) is 23.3 Å². The summed E-state index contributed by atoms with van der Waals surface area (Å²) in [6, 6.07) is 6.36. The van der Waals surface area contributed by atoms with Crippen molar-refractivity contribution in [1.82, 2.24) is 34.7 Å². The predicted molar refractivity (Wildman–Crippen MR) is 140 cm³/mol. The molecule has 0 aliphatic carbocycles. The van der Waals surface area contributed by atoms with E-state index < -0.39 is 47.9 Å². The highest BCUT2D eigenvalue weighted by molar-refractivity contribution is 7.18. The van der Waals surface area contributed by atoms with Crippen LogP contribution < -0.4 is 0 Å². The van der Waals surface area contributed by atoms with E-state index in [1.807, 2.05) is 25.1 Å². The molecule has 2 N–H and O–H groups in total.